The molecule has 0 bridgehead atoms. The Hall–Kier alpha value is -2.70. The van der Waals surface area contributed by atoms with Gasteiger partial charge in [0.25, 0.3) is 0 Å². The molecule has 2 heterocycles. The second-order valence-corrected chi connectivity index (χ2v) is 8.83. The Kier molecular flexibility index (Phi) is 9.25. The van der Waals surface area contributed by atoms with E-state index in [0.717, 1.165) is 29.4 Å². The number of hydrogen-bond donors (Lipinski definition) is 8. The van der Waals surface area contributed by atoms with Crippen molar-refractivity contribution in [2.75, 3.05) is 18.1 Å². The van der Waals surface area contributed by atoms with Gasteiger partial charge in [-0.2, -0.15) is 25.3 Å². The molecule has 0 aliphatic carbocycles. The van der Waals surface area contributed by atoms with Gasteiger partial charge in [-0.25, -0.2) is 4.79 Å². The van der Waals surface area contributed by atoms with E-state index >= 15 is 0 Å². The summed E-state index contributed by atoms with van der Waals surface area (Å²) in [4.78, 5) is 52.9. The van der Waals surface area contributed by atoms with Crippen LogP contribution in [0, 0.1) is 0 Å². The zero-order chi connectivity index (χ0) is 24.7. The first-order chi connectivity index (χ1) is 16.3. The number of thiol groups is 2. The zero-order valence-corrected chi connectivity index (χ0v) is 20.2. The van der Waals surface area contributed by atoms with Crippen LogP contribution in [0.4, 0.5) is 0 Å². The van der Waals surface area contributed by atoms with Crippen molar-refractivity contribution in [1.29, 1.82) is 0 Å². The number of hydrogen-bond acceptors (Lipinski definition) is 7. The molecular weight excluding hydrogens is 478 g/mol. The summed E-state index contributed by atoms with van der Waals surface area (Å²) in [6.45, 7) is 0.731. The molecule has 10 nitrogen and oxygen atoms in total. The van der Waals surface area contributed by atoms with Crippen LogP contribution < -0.4 is 21.3 Å². The van der Waals surface area contributed by atoms with Crippen LogP contribution in [0.15, 0.2) is 30.5 Å². The van der Waals surface area contributed by atoms with Gasteiger partial charge in [-0.3, -0.25) is 14.4 Å². The van der Waals surface area contributed by atoms with Crippen LogP contribution in [0.1, 0.15) is 18.4 Å². The van der Waals surface area contributed by atoms with Crippen LogP contribution in [-0.2, 0) is 25.6 Å². The van der Waals surface area contributed by atoms with Crippen molar-refractivity contribution in [2.45, 2.75) is 43.4 Å². The van der Waals surface area contributed by atoms with Crippen LogP contribution in [-0.4, -0.2) is 76.0 Å². The van der Waals surface area contributed by atoms with Crippen molar-refractivity contribution in [2.24, 2.45) is 0 Å². The number of amides is 3. The summed E-state index contributed by atoms with van der Waals surface area (Å²) in [5.41, 5.74) is 1.74. The van der Waals surface area contributed by atoms with Gasteiger partial charge in [-0.1, -0.05) is 18.2 Å². The molecule has 0 radical (unpaired) electrons. The summed E-state index contributed by atoms with van der Waals surface area (Å²) in [5.74, 6) is -2.95. The fraction of sp³-hybridized carbons (Fsp3) is 0.455. The van der Waals surface area contributed by atoms with Crippen molar-refractivity contribution in [3.63, 3.8) is 0 Å². The Bertz CT molecular complexity index is 1040. The van der Waals surface area contributed by atoms with Gasteiger partial charge < -0.3 is 31.4 Å². The lowest BCUT2D eigenvalue weighted by Crippen LogP contribution is -2.58. The van der Waals surface area contributed by atoms with Crippen LogP contribution in [0.5, 0.6) is 0 Å². The van der Waals surface area contributed by atoms with Crippen LogP contribution in [0.25, 0.3) is 10.9 Å². The van der Waals surface area contributed by atoms with Gasteiger partial charge in [0.05, 0.1) is 6.04 Å². The van der Waals surface area contributed by atoms with Crippen molar-refractivity contribution in [1.82, 2.24) is 26.3 Å². The Balaban J connectivity index is 1.76. The standard InChI is InChI=1S/C22H29N5O5S2/c28-19(15-6-3-7-23-15)25-16(8-12-9-24-14-5-2-1-4-13(12)14)20(29)26-17(10-33)21(30)27-18(11-34)22(31)32/h1-2,4-5,9,15-18,23-24,33-34H,3,6-8,10-11H2,(H,25,28)(H,26,29)(H,27,30)(H,31,32). The summed E-state index contributed by atoms with van der Waals surface area (Å²) in [5, 5.41) is 20.9. The Morgan fingerprint density at radius 3 is 2.32 bits per heavy atom. The topological polar surface area (TPSA) is 152 Å². The summed E-state index contributed by atoms with van der Waals surface area (Å²) in [6, 6.07) is 3.98. The molecule has 3 rings (SSSR count). The fourth-order valence-electron chi connectivity index (χ4n) is 3.83. The van der Waals surface area contributed by atoms with E-state index in [4.69, 9.17) is 5.11 Å². The average molecular weight is 508 g/mol. The predicted octanol–water partition coefficient (Wildman–Crippen LogP) is -0.139. The number of benzene rings is 1. The quantitative estimate of drug-likeness (QED) is 0.198. The molecule has 1 saturated heterocycles. The van der Waals surface area contributed by atoms with Gasteiger partial charge >= 0.3 is 5.97 Å². The normalized spacial score (nSPS) is 18.1. The third-order valence-electron chi connectivity index (χ3n) is 5.72. The van der Waals surface area contributed by atoms with Crippen molar-refractivity contribution >= 4 is 59.9 Å². The minimum absolute atomic E-state index is 0.0611. The number of carbonyl (C=O) groups is 4. The number of aromatic amines is 1. The average Bonchev–Trinajstić information content (AvgIpc) is 3.50. The monoisotopic (exact) mass is 507 g/mol. The highest BCUT2D eigenvalue weighted by Crippen LogP contribution is 2.19. The Labute approximate surface area is 207 Å². The molecule has 3 amide bonds. The molecular formula is C22H29N5O5S2. The van der Waals surface area contributed by atoms with E-state index in [2.05, 4.69) is 51.5 Å². The maximum atomic E-state index is 13.2. The molecule has 1 aromatic heterocycles. The van der Waals surface area contributed by atoms with Crippen molar-refractivity contribution in [3.05, 3.63) is 36.0 Å². The van der Waals surface area contributed by atoms with E-state index in [1.165, 1.54) is 0 Å². The maximum absolute atomic E-state index is 13.2. The highest BCUT2D eigenvalue weighted by Gasteiger charge is 2.31. The number of H-pyrrole nitrogens is 1. The molecule has 12 heteroatoms. The van der Waals surface area contributed by atoms with Crippen LogP contribution in [0.2, 0.25) is 0 Å². The van der Waals surface area contributed by atoms with Crippen molar-refractivity contribution in [3.8, 4) is 0 Å². The second kappa shape index (κ2) is 12.1. The molecule has 0 spiro atoms. The first-order valence-corrected chi connectivity index (χ1v) is 12.2. The van der Waals surface area contributed by atoms with E-state index in [1.54, 1.807) is 6.20 Å². The largest absolute Gasteiger partial charge is 0.480 e. The molecule has 0 saturated carbocycles. The molecule has 1 fully saturated rings. The van der Waals surface area contributed by atoms with E-state index < -0.39 is 35.9 Å². The van der Waals surface area contributed by atoms with E-state index in [0.29, 0.717) is 6.42 Å². The lowest BCUT2D eigenvalue weighted by atomic mass is 10.0. The van der Waals surface area contributed by atoms with Crippen molar-refractivity contribution < 1.29 is 24.3 Å². The minimum Gasteiger partial charge on any atom is -0.480 e. The lowest BCUT2D eigenvalue weighted by Gasteiger charge is -2.24. The number of para-hydroxylation sites is 1. The van der Waals surface area contributed by atoms with Gasteiger partial charge in [-0.15, -0.1) is 0 Å². The van der Waals surface area contributed by atoms with Gasteiger partial charge in [0.1, 0.15) is 18.1 Å². The number of aliphatic carboxylic acids is 1. The number of aromatic nitrogens is 1. The maximum Gasteiger partial charge on any atom is 0.327 e. The lowest BCUT2D eigenvalue weighted by molar-refractivity contribution is -0.141. The second-order valence-electron chi connectivity index (χ2n) is 8.10. The number of carboxylic acid groups (broad SMARTS) is 1. The highest BCUT2D eigenvalue weighted by molar-refractivity contribution is 7.80. The highest BCUT2D eigenvalue weighted by atomic mass is 32.1. The third kappa shape index (κ3) is 6.45. The number of fused-ring (bicyclic) bond motifs is 1. The fourth-order valence-corrected chi connectivity index (χ4v) is 4.34. The summed E-state index contributed by atoms with van der Waals surface area (Å²) >= 11 is 8.07. The van der Waals surface area contributed by atoms with Crippen LogP contribution >= 0.6 is 25.3 Å². The number of carbonyl (C=O) groups excluding carboxylic acids is 3. The number of nitrogens with one attached hydrogen (secondary N) is 5. The SMILES string of the molecule is O=C(O)C(CS)NC(=O)C(CS)NC(=O)C(Cc1c[nH]c2ccccc12)NC(=O)C1CCCN1. The zero-order valence-electron chi connectivity index (χ0n) is 18.4. The molecule has 184 valence electrons. The van der Waals surface area contributed by atoms with E-state index in [9.17, 15) is 19.2 Å². The minimum atomic E-state index is -1.24. The molecule has 4 unspecified atom stereocenters. The van der Waals surface area contributed by atoms with Crippen LogP contribution in [0.3, 0.4) is 0 Å². The molecule has 2 aromatic rings. The summed E-state index contributed by atoms with van der Waals surface area (Å²) in [6.07, 6.45) is 3.53. The van der Waals surface area contributed by atoms with Gasteiger partial charge in [0.15, 0.2) is 0 Å². The molecule has 4 atom stereocenters. The van der Waals surface area contributed by atoms with E-state index in [1.807, 2.05) is 24.3 Å². The van der Waals surface area contributed by atoms with Gasteiger partial charge in [0.2, 0.25) is 17.7 Å². The predicted molar refractivity (Wildman–Crippen MR) is 134 cm³/mol. The molecule has 1 aromatic carbocycles. The Morgan fingerprint density at radius 2 is 1.68 bits per heavy atom. The molecule has 1 aliphatic heterocycles. The van der Waals surface area contributed by atoms with Gasteiger partial charge in [0, 0.05) is 35.0 Å². The first-order valence-electron chi connectivity index (χ1n) is 11.0. The number of rotatable bonds is 11. The smallest absolute Gasteiger partial charge is 0.327 e. The summed E-state index contributed by atoms with van der Waals surface area (Å²) < 4.78 is 0. The Morgan fingerprint density at radius 1 is 1.00 bits per heavy atom. The third-order valence-corrected chi connectivity index (χ3v) is 6.45. The first kappa shape index (κ1) is 25.9. The van der Waals surface area contributed by atoms with E-state index in [-0.39, 0.29) is 29.9 Å². The molecule has 34 heavy (non-hydrogen) atoms. The molecule has 1 aliphatic rings. The number of carboxylic acids is 1. The summed E-state index contributed by atoms with van der Waals surface area (Å²) in [7, 11) is 0. The van der Waals surface area contributed by atoms with Gasteiger partial charge in [-0.05, 0) is 31.0 Å². The molecule has 6 N–H and O–H groups in total.